The van der Waals surface area contributed by atoms with Crippen molar-refractivity contribution >= 4 is 0 Å². The topological polar surface area (TPSA) is 64.2 Å². The summed E-state index contributed by atoms with van der Waals surface area (Å²) >= 11 is 0. The molecule has 0 aliphatic carbocycles. The van der Waals surface area contributed by atoms with Crippen molar-refractivity contribution in [1.82, 2.24) is 0 Å². The van der Waals surface area contributed by atoms with E-state index in [1.54, 1.807) is 12.1 Å². The standard InChI is InChI=1S/C14H11NO2/c15-8-12-7-10(5-6-14(12)17)13-4-2-1-3-11(13)9-16/h1-7,16-17H,9H2. The summed E-state index contributed by atoms with van der Waals surface area (Å²) in [5.41, 5.74) is 2.70. The summed E-state index contributed by atoms with van der Waals surface area (Å²) in [7, 11) is 0. The van der Waals surface area contributed by atoms with E-state index in [0.717, 1.165) is 16.7 Å². The highest BCUT2D eigenvalue weighted by Crippen LogP contribution is 2.27. The molecule has 2 aromatic carbocycles. The number of phenols is 1. The number of hydrogen-bond acceptors (Lipinski definition) is 3. The van der Waals surface area contributed by atoms with Crippen LogP contribution < -0.4 is 0 Å². The van der Waals surface area contributed by atoms with Gasteiger partial charge in [-0.3, -0.25) is 0 Å². The first-order valence-corrected chi connectivity index (χ1v) is 5.18. The Morgan fingerprint density at radius 2 is 1.88 bits per heavy atom. The molecule has 0 atom stereocenters. The van der Waals surface area contributed by atoms with Gasteiger partial charge in [0.1, 0.15) is 11.8 Å². The van der Waals surface area contributed by atoms with Crippen molar-refractivity contribution in [3.8, 4) is 22.9 Å². The first-order valence-electron chi connectivity index (χ1n) is 5.18. The average molecular weight is 225 g/mol. The van der Waals surface area contributed by atoms with Gasteiger partial charge in [0.05, 0.1) is 12.2 Å². The smallest absolute Gasteiger partial charge is 0.133 e. The number of phenolic OH excluding ortho intramolecular Hbond substituents is 1. The van der Waals surface area contributed by atoms with Gasteiger partial charge in [0, 0.05) is 0 Å². The third kappa shape index (κ3) is 2.12. The largest absolute Gasteiger partial charge is 0.507 e. The summed E-state index contributed by atoms with van der Waals surface area (Å²) in [6.45, 7) is -0.0566. The minimum Gasteiger partial charge on any atom is -0.507 e. The maximum absolute atomic E-state index is 9.44. The lowest BCUT2D eigenvalue weighted by atomic mass is 9.98. The molecule has 0 saturated heterocycles. The highest BCUT2D eigenvalue weighted by molar-refractivity contribution is 5.70. The molecule has 0 heterocycles. The number of hydrogen-bond donors (Lipinski definition) is 2. The van der Waals surface area contributed by atoms with E-state index in [4.69, 9.17) is 5.26 Å². The number of aliphatic hydroxyl groups excluding tert-OH is 1. The fourth-order valence-corrected chi connectivity index (χ4v) is 1.73. The van der Waals surface area contributed by atoms with Crippen molar-refractivity contribution < 1.29 is 10.2 Å². The lowest BCUT2D eigenvalue weighted by Crippen LogP contribution is -1.89. The maximum Gasteiger partial charge on any atom is 0.133 e. The molecule has 0 aliphatic rings. The number of nitriles is 1. The monoisotopic (exact) mass is 225 g/mol. The fourth-order valence-electron chi connectivity index (χ4n) is 1.73. The van der Waals surface area contributed by atoms with E-state index in [0.29, 0.717) is 0 Å². The van der Waals surface area contributed by atoms with Crippen molar-refractivity contribution in [3.05, 3.63) is 53.6 Å². The van der Waals surface area contributed by atoms with Gasteiger partial charge in [-0.05, 0) is 28.8 Å². The molecule has 0 unspecified atom stereocenters. The molecule has 2 rings (SSSR count). The number of aliphatic hydroxyl groups is 1. The molecular formula is C14H11NO2. The van der Waals surface area contributed by atoms with Crippen molar-refractivity contribution in [1.29, 1.82) is 5.26 Å². The molecule has 0 fully saturated rings. The Morgan fingerprint density at radius 1 is 1.12 bits per heavy atom. The van der Waals surface area contributed by atoms with Crippen LogP contribution >= 0.6 is 0 Å². The Balaban J connectivity index is 2.58. The minimum absolute atomic E-state index is 0.0299. The van der Waals surface area contributed by atoms with Crippen LogP contribution in [0.3, 0.4) is 0 Å². The van der Waals surface area contributed by atoms with Gasteiger partial charge < -0.3 is 10.2 Å². The van der Waals surface area contributed by atoms with E-state index in [1.165, 1.54) is 6.07 Å². The van der Waals surface area contributed by atoms with E-state index in [1.807, 2.05) is 30.3 Å². The van der Waals surface area contributed by atoms with Gasteiger partial charge in [-0.1, -0.05) is 30.3 Å². The molecule has 0 aliphatic heterocycles. The molecule has 17 heavy (non-hydrogen) atoms. The number of rotatable bonds is 2. The summed E-state index contributed by atoms with van der Waals surface area (Å²) in [6, 6.07) is 14.2. The number of aromatic hydroxyl groups is 1. The Kier molecular flexibility index (Phi) is 3.08. The summed E-state index contributed by atoms with van der Waals surface area (Å²) in [5.74, 6) is -0.0299. The number of nitrogens with zero attached hydrogens (tertiary/aromatic N) is 1. The first kappa shape index (κ1) is 11.2. The lowest BCUT2D eigenvalue weighted by molar-refractivity contribution is 0.282. The predicted molar refractivity (Wildman–Crippen MR) is 64.2 cm³/mol. The van der Waals surface area contributed by atoms with Gasteiger partial charge in [-0.25, -0.2) is 0 Å². The van der Waals surface area contributed by atoms with E-state index >= 15 is 0 Å². The molecule has 3 heteroatoms. The van der Waals surface area contributed by atoms with Crippen LogP contribution in [0.5, 0.6) is 5.75 Å². The zero-order chi connectivity index (χ0) is 12.3. The summed E-state index contributed by atoms with van der Waals surface area (Å²) in [5, 5.41) is 27.5. The van der Waals surface area contributed by atoms with E-state index < -0.39 is 0 Å². The molecule has 2 aromatic rings. The maximum atomic E-state index is 9.44. The Hall–Kier alpha value is -2.31. The van der Waals surface area contributed by atoms with E-state index in [9.17, 15) is 10.2 Å². The van der Waals surface area contributed by atoms with Crippen molar-refractivity contribution in [2.45, 2.75) is 6.61 Å². The molecule has 84 valence electrons. The van der Waals surface area contributed by atoms with Crippen molar-refractivity contribution in [3.63, 3.8) is 0 Å². The van der Waals surface area contributed by atoms with Crippen LogP contribution in [0.1, 0.15) is 11.1 Å². The van der Waals surface area contributed by atoms with Crippen molar-refractivity contribution in [2.75, 3.05) is 0 Å². The predicted octanol–water partition coefficient (Wildman–Crippen LogP) is 2.42. The van der Waals surface area contributed by atoms with Crippen LogP contribution in [0, 0.1) is 11.3 Å². The highest BCUT2D eigenvalue weighted by Gasteiger charge is 2.06. The van der Waals surface area contributed by atoms with Gasteiger partial charge in [-0.15, -0.1) is 0 Å². The van der Waals surface area contributed by atoms with Gasteiger partial charge >= 0.3 is 0 Å². The molecular weight excluding hydrogens is 214 g/mol. The normalized spacial score (nSPS) is 9.88. The van der Waals surface area contributed by atoms with Crippen LogP contribution in [0.2, 0.25) is 0 Å². The SMILES string of the molecule is N#Cc1cc(-c2ccccc2CO)ccc1O. The summed E-state index contributed by atoms with van der Waals surface area (Å²) < 4.78 is 0. The van der Waals surface area contributed by atoms with Gasteiger partial charge in [-0.2, -0.15) is 5.26 Å². The molecule has 0 amide bonds. The van der Waals surface area contributed by atoms with Crippen LogP contribution in [0.15, 0.2) is 42.5 Å². The van der Waals surface area contributed by atoms with Crippen LogP contribution in [0.4, 0.5) is 0 Å². The molecule has 0 saturated carbocycles. The Labute approximate surface area is 99.2 Å². The number of benzene rings is 2. The lowest BCUT2D eigenvalue weighted by Gasteiger charge is -2.08. The molecule has 0 bridgehead atoms. The molecule has 0 spiro atoms. The van der Waals surface area contributed by atoms with Crippen LogP contribution in [0.25, 0.3) is 11.1 Å². The Bertz CT molecular complexity index is 585. The first-order chi connectivity index (χ1) is 8.26. The van der Waals surface area contributed by atoms with Gasteiger partial charge in [0.15, 0.2) is 0 Å². The average Bonchev–Trinajstić information content (AvgIpc) is 2.39. The molecule has 3 nitrogen and oxygen atoms in total. The second-order valence-corrected chi connectivity index (χ2v) is 3.66. The van der Waals surface area contributed by atoms with Crippen LogP contribution in [-0.4, -0.2) is 10.2 Å². The quantitative estimate of drug-likeness (QED) is 0.824. The molecule has 0 radical (unpaired) electrons. The van der Waals surface area contributed by atoms with Gasteiger partial charge in [0.2, 0.25) is 0 Å². The third-order valence-corrected chi connectivity index (χ3v) is 2.62. The zero-order valence-electron chi connectivity index (χ0n) is 9.09. The van der Waals surface area contributed by atoms with Gasteiger partial charge in [0.25, 0.3) is 0 Å². The second-order valence-electron chi connectivity index (χ2n) is 3.66. The highest BCUT2D eigenvalue weighted by atomic mass is 16.3. The second kappa shape index (κ2) is 4.69. The van der Waals surface area contributed by atoms with E-state index in [-0.39, 0.29) is 17.9 Å². The summed E-state index contributed by atoms with van der Waals surface area (Å²) in [4.78, 5) is 0. The fraction of sp³-hybridized carbons (Fsp3) is 0.0714. The molecule has 2 N–H and O–H groups in total. The van der Waals surface area contributed by atoms with E-state index in [2.05, 4.69) is 0 Å². The van der Waals surface area contributed by atoms with Crippen molar-refractivity contribution in [2.24, 2.45) is 0 Å². The summed E-state index contributed by atoms with van der Waals surface area (Å²) in [6.07, 6.45) is 0. The zero-order valence-corrected chi connectivity index (χ0v) is 9.09. The van der Waals surface area contributed by atoms with Crippen LogP contribution in [-0.2, 0) is 6.61 Å². The minimum atomic E-state index is -0.0566. The molecule has 0 aromatic heterocycles. The third-order valence-electron chi connectivity index (χ3n) is 2.62. The Morgan fingerprint density at radius 3 is 2.59 bits per heavy atom.